The Hall–Kier alpha value is -1.64. The topological polar surface area (TPSA) is 66.8 Å². The third-order valence-corrected chi connectivity index (χ3v) is 5.86. The first-order chi connectivity index (χ1) is 18.9. The maximum atomic E-state index is 13.8. The second-order valence-corrected chi connectivity index (χ2v) is 9.75. The van der Waals surface area contributed by atoms with Crippen molar-refractivity contribution in [1.29, 1.82) is 0 Å². The predicted octanol–water partition coefficient (Wildman–Crippen LogP) is 8.42. The largest absolute Gasteiger partial charge is 0.469 e. The molecular formula is C15H8F25O4P. The molecule has 0 saturated carbocycles. The zero-order valence-corrected chi connectivity index (χ0v) is 20.8. The van der Waals surface area contributed by atoms with Crippen molar-refractivity contribution in [2.24, 2.45) is 0 Å². The number of alkyl halides is 25. The standard InChI is InChI=1S/C15H8F25O4P/c1-3(44-45(41,42)43)2-4(16,17)5(18,19)6(20,21)7(22,23)8(24,25)9(26,27)10(28,29)11(30,31)12(32,33)13(34,35)14(36,37)15(38,39)40/h3H,2H2,1H3,(H2,41,42,43). The van der Waals surface area contributed by atoms with Gasteiger partial charge in [0.25, 0.3) is 0 Å². The van der Waals surface area contributed by atoms with E-state index in [-0.39, 0.29) is 6.92 Å². The van der Waals surface area contributed by atoms with Crippen molar-refractivity contribution >= 4 is 7.82 Å². The van der Waals surface area contributed by atoms with Gasteiger partial charge in [-0.2, -0.15) is 110 Å². The normalized spacial score (nSPS) is 17.5. The highest BCUT2D eigenvalue weighted by molar-refractivity contribution is 7.46. The lowest BCUT2D eigenvalue weighted by Gasteiger charge is -2.45. The van der Waals surface area contributed by atoms with Crippen molar-refractivity contribution in [2.75, 3.05) is 0 Å². The lowest BCUT2D eigenvalue weighted by atomic mass is 9.84. The van der Waals surface area contributed by atoms with Crippen molar-refractivity contribution in [3.63, 3.8) is 0 Å². The highest BCUT2D eigenvalue weighted by Crippen LogP contribution is 2.68. The molecule has 0 saturated heterocycles. The van der Waals surface area contributed by atoms with Crippen LogP contribution in [0.5, 0.6) is 0 Å². The molecule has 0 heterocycles. The van der Waals surface area contributed by atoms with Gasteiger partial charge < -0.3 is 9.79 Å². The molecule has 1 unspecified atom stereocenters. The molecule has 4 nitrogen and oxygen atoms in total. The van der Waals surface area contributed by atoms with Gasteiger partial charge >= 0.3 is 79.1 Å². The molecule has 0 amide bonds. The zero-order chi connectivity index (χ0) is 37.5. The van der Waals surface area contributed by atoms with Gasteiger partial charge in [0.2, 0.25) is 0 Å². The fourth-order valence-corrected chi connectivity index (χ4v) is 3.29. The molecule has 0 aliphatic rings. The lowest BCUT2D eigenvalue weighted by molar-refractivity contribution is -0.482. The summed E-state index contributed by atoms with van der Waals surface area (Å²) in [6, 6.07) is 0. The van der Waals surface area contributed by atoms with Gasteiger partial charge in [0.05, 0.1) is 6.10 Å². The Labute approximate surface area is 228 Å². The molecule has 0 aromatic heterocycles. The van der Waals surface area contributed by atoms with Crippen LogP contribution in [0, 0.1) is 0 Å². The number of phosphoric ester groups is 1. The molecule has 0 aliphatic heterocycles. The molecule has 0 radical (unpaired) electrons. The van der Waals surface area contributed by atoms with E-state index >= 15 is 0 Å². The minimum atomic E-state index is -9.68. The Balaban J connectivity index is 7.23. The van der Waals surface area contributed by atoms with E-state index in [1.807, 2.05) is 0 Å². The van der Waals surface area contributed by atoms with Crippen LogP contribution in [0.4, 0.5) is 110 Å². The first-order valence-electron chi connectivity index (χ1n) is 9.81. The Kier molecular flexibility index (Phi) is 10.5. The van der Waals surface area contributed by atoms with Crippen LogP contribution in [0.2, 0.25) is 0 Å². The maximum Gasteiger partial charge on any atom is 0.469 e. The van der Waals surface area contributed by atoms with Gasteiger partial charge in [0.1, 0.15) is 0 Å². The zero-order valence-electron chi connectivity index (χ0n) is 19.9. The van der Waals surface area contributed by atoms with Crippen LogP contribution < -0.4 is 0 Å². The quantitative estimate of drug-likeness (QED) is 0.138. The SMILES string of the molecule is CC(CC(F)(F)C(F)(F)C(F)(F)C(F)(F)C(F)(F)C(F)(F)C(F)(F)C(F)(F)C(F)(F)C(F)(F)C(F)(F)C(F)(F)F)OP(=O)(O)O. The number of halogens is 25. The first kappa shape index (κ1) is 43.4. The van der Waals surface area contributed by atoms with Crippen molar-refractivity contribution in [3.05, 3.63) is 0 Å². The van der Waals surface area contributed by atoms with Crippen molar-refractivity contribution in [1.82, 2.24) is 0 Å². The van der Waals surface area contributed by atoms with Crippen LogP contribution in [0.15, 0.2) is 0 Å². The van der Waals surface area contributed by atoms with Crippen molar-refractivity contribution < 1.29 is 129 Å². The summed E-state index contributed by atoms with van der Waals surface area (Å²) in [7, 11) is -6.07. The summed E-state index contributed by atoms with van der Waals surface area (Å²) in [4.78, 5) is 16.6. The molecule has 30 heteroatoms. The van der Waals surface area contributed by atoms with Gasteiger partial charge in [-0.25, -0.2) is 4.57 Å². The Morgan fingerprint density at radius 2 is 0.644 bits per heavy atom. The third-order valence-electron chi connectivity index (χ3n) is 5.23. The van der Waals surface area contributed by atoms with Crippen LogP contribution >= 0.6 is 7.82 Å². The molecule has 0 rings (SSSR count). The van der Waals surface area contributed by atoms with Crippen LogP contribution in [0.25, 0.3) is 0 Å². The van der Waals surface area contributed by atoms with E-state index in [0.717, 1.165) is 0 Å². The Bertz CT molecular complexity index is 1120. The molecule has 0 spiro atoms. The molecule has 2 N–H and O–H groups in total. The summed E-state index contributed by atoms with van der Waals surface area (Å²) in [6.45, 7) is -0.178. The van der Waals surface area contributed by atoms with Crippen LogP contribution in [-0.2, 0) is 9.09 Å². The Morgan fingerprint density at radius 3 is 0.844 bits per heavy atom. The van der Waals surface area contributed by atoms with E-state index < -0.39 is 91.7 Å². The maximum absolute atomic E-state index is 13.8. The number of rotatable bonds is 14. The average molecular weight is 758 g/mol. The Morgan fingerprint density at radius 1 is 0.444 bits per heavy atom. The van der Waals surface area contributed by atoms with Gasteiger partial charge in [-0.05, 0) is 6.92 Å². The number of hydrogen-bond acceptors (Lipinski definition) is 2. The van der Waals surface area contributed by atoms with Gasteiger partial charge in [-0.3, -0.25) is 4.52 Å². The van der Waals surface area contributed by atoms with Crippen LogP contribution in [0.3, 0.4) is 0 Å². The average Bonchev–Trinajstić information content (AvgIpc) is 2.75. The van der Waals surface area contributed by atoms with E-state index in [0.29, 0.717) is 0 Å². The molecule has 0 aliphatic carbocycles. The minimum absolute atomic E-state index is 0.178. The van der Waals surface area contributed by atoms with Crippen molar-refractivity contribution in [3.8, 4) is 0 Å². The summed E-state index contributed by atoms with van der Waals surface area (Å²) in [6.07, 6.45) is -14.8. The second kappa shape index (κ2) is 10.9. The first-order valence-corrected chi connectivity index (χ1v) is 11.3. The van der Waals surface area contributed by atoms with E-state index in [4.69, 9.17) is 9.79 Å². The van der Waals surface area contributed by atoms with E-state index in [9.17, 15) is 114 Å². The van der Waals surface area contributed by atoms with E-state index in [2.05, 4.69) is 4.52 Å². The smallest absolute Gasteiger partial charge is 0.303 e. The van der Waals surface area contributed by atoms with E-state index in [1.54, 1.807) is 0 Å². The third kappa shape index (κ3) is 5.99. The summed E-state index contributed by atoms with van der Waals surface area (Å²) in [5, 5.41) is 0. The summed E-state index contributed by atoms with van der Waals surface area (Å²) in [5.74, 6) is -99.7. The molecule has 1 atom stereocenters. The van der Waals surface area contributed by atoms with Crippen molar-refractivity contribution in [2.45, 2.75) is 90.8 Å². The van der Waals surface area contributed by atoms with Gasteiger partial charge in [-0.1, -0.05) is 0 Å². The number of phosphoric acid groups is 1. The summed E-state index contributed by atoms with van der Waals surface area (Å²) < 4.78 is 347. The predicted molar refractivity (Wildman–Crippen MR) is 87.7 cm³/mol. The van der Waals surface area contributed by atoms with Gasteiger partial charge in [0, 0.05) is 6.42 Å². The fourth-order valence-electron chi connectivity index (χ4n) is 2.75. The molecule has 0 aromatic carbocycles. The van der Waals surface area contributed by atoms with E-state index in [1.165, 1.54) is 0 Å². The highest BCUT2D eigenvalue weighted by atomic mass is 31.2. The lowest BCUT2D eigenvalue weighted by Crippen LogP contribution is -2.78. The highest BCUT2D eigenvalue weighted by Gasteiger charge is 2.99. The summed E-state index contributed by atoms with van der Waals surface area (Å²) >= 11 is 0. The molecule has 0 fully saturated rings. The van der Waals surface area contributed by atoms with Crippen LogP contribution in [0.1, 0.15) is 13.3 Å². The number of hydrogen-bond donors (Lipinski definition) is 2. The van der Waals surface area contributed by atoms with Gasteiger partial charge in [0.15, 0.2) is 0 Å². The summed E-state index contributed by atoms with van der Waals surface area (Å²) in [5.41, 5.74) is 0. The molecule has 45 heavy (non-hydrogen) atoms. The second-order valence-electron chi connectivity index (χ2n) is 8.56. The van der Waals surface area contributed by atoms with Gasteiger partial charge in [-0.15, -0.1) is 0 Å². The minimum Gasteiger partial charge on any atom is -0.303 e. The molecule has 0 bridgehead atoms. The molecular weight excluding hydrogens is 750 g/mol. The fraction of sp³-hybridized carbons (Fsp3) is 1.00. The molecule has 0 aromatic rings. The molecule has 272 valence electrons. The van der Waals surface area contributed by atoms with Crippen LogP contribution in [-0.4, -0.2) is 87.2 Å². The monoisotopic (exact) mass is 758 g/mol.